The summed E-state index contributed by atoms with van der Waals surface area (Å²) in [5.74, 6) is -2.07. The van der Waals surface area contributed by atoms with Gasteiger partial charge >= 0.3 is 12.4 Å². The Kier molecular flexibility index (Phi) is 7.44. The first-order valence-corrected chi connectivity index (χ1v) is 11.9. The number of alkyl halides is 6. The van der Waals surface area contributed by atoms with Gasteiger partial charge in [-0.2, -0.15) is 26.3 Å². The molecule has 1 aromatic carbocycles. The molecule has 1 saturated heterocycles. The molecule has 0 bridgehead atoms. The molecule has 12 heteroatoms. The molecular weight excluding hydrogens is 504 g/mol. The lowest BCUT2D eigenvalue weighted by Gasteiger charge is -2.50. The third-order valence-electron chi connectivity index (χ3n) is 7.21. The van der Waals surface area contributed by atoms with Crippen LogP contribution in [0.5, 0.6) is 0 Å². The number of ketones is 1. The van der Waals surface area contributed by atoms with Crippen molar-refractivity contribution in [3.63, 3.8) is 0 Å². The fraction of sp³-hybridized carbons (Fsp3) is 0.520. The Hall–Kier alpha value is -2.86. The molecule has 2 aromatic rings. The van der Waals surface area contributed by atoms with Crippen molar-refractivity contribution in [2.24, 2.45) is 0 Å². The Balaban J connectivity index is 1.40. The van der Waals surface area contributed by atoms with Gasteiger partial charge in [-0.15, -0.1) is 0 Å². The number of benzene rings is 1. The number of ether oxygens (including phenoxy) is 1. The van der Waals surface area contributed by atoms with Gasteiger partial charge < -0.3 is 14.2 Å². The molecule has 0 radical (unpaired) electrons. The van der Waals surface area contributed by atoms with Crippen LogP contribution >= 0.6 is 0 Å². The minimum Gasteiger partial charge on any atom is -0.376 e. The van der Waals surface area contributed by atoms with Gasteiger partial charge in [-0.3, -0.25) is 14.5 Å². The second kappa shape index (κ2) is 10.1. The summed E-state index contributed by atoms with van der Waals surface area (Å²) in [6, 6.07) is 9.28. The van der Waals surface area contributed by atoms with Gasteiger partial charge in [0.1, 0.15) is 0 Å². The number of carbonyl (C=O) groups is 2. The molecule has 0 atom stereocenters. The van der Waals surface area contributed by atoms with Crippen molar-refractivity contribution in [3.05, 3.63) is 58.9 Å². The van der Waals surface area contributed by atoms with Crippen molar-refractivity contribution in [3.8, 4) is 0 Å². The molecule has 2 aliphatic rings. The summed E-state index contributed by atoms with van der Waals surface area (Å²) in [4.78, 5) is 28.7. The number of likely N-dealkylation sites (N-methyl/N-ethyl adjacent to an activating group) is 1. The molecule has 0 unspecified atom stereocenters. The van der Waals surface area contributed by atoms with Crippen LogP contribution in [0.4, 0.5) is 26.3 Å². The average Bonchev–Trinajstić information content (AvgIpc) is 3.28. The molecule has 37 heavy (non-hydrogen) atoms. The quantitative estimate of drug-likeness (QED) is 0.306. The summed E-state index contributed by atoms with van der Waals surface area (Å²) >= 11 is 0. The molecule has 4 rings (SSSR count). The number of piperidine rings is 1. The molecule has 0 aliphatic carbocycles. The number of amides is 1. The van der Waals surface area contributed by atoms with Crippen molar-refractivity contribution < 1.29 is 40.7 Å². The van der Waals surface area contributed by atoms with Crippen LogP contribution in [0.1, 0.15) is 51.4 Å². The van der Waals surface area contributed by atoms with E-state index in [1.54, 1.807) is 35.2 Å². The number of rotatable bonds is 6. The number of fused-ring (bicyclic) bond motifs is 2. The van der Waals surface area contributed by atoms with E-state index in [0.29, 0.717) is 49.3 Å². The smallest absolute Gasteiger partial charge is 0.376 e. The first kappa shape index (κ1) is 27.2. The molecule has 202 valence electrons. The lowest BCUT2D eigenvalue weighted by atomic mass is 9.81. The highest BCUT2D eigenvalue weighted by molar-refractivity contribution is 5.99. The maximum Gasteiger partial charge on any atom is 0.456 e. The van der Waals surface area contributed by atoms with Crippen LogP contribution < -0.4 is 0 Å². The van der Waals surface area contributed by atoms with E-state index in [2.05, 4.69) is 4.90 Å². The van der Waals surface area contributed by atoms with E-state index >= 15 is 0 Å². The van der Waals surface area contributed by atoms with Gasteiger partial charge in [-0.05, 0) is 49.7 Å². The third-order valence-corrected chi connectivity index (χ3v) is 7.21. The monoisotopic (exact) mass is 531 g/mol. The fourth-order valence-electron chi connectivity index (χ4n) is 5.14. The zero-order valence-corrected chi connectivity index (χ0v) is 20.2. The van der Waals surface area contributed by atoms with Gasteiger partial charge in [-0.25, -0.2) is 0 Å². The highest BCUT2D eigenvalue weighted by atomic mass is 19.4. The van der Waals surface area contributed by atoms with Crippen molar-refractivity contribution >= 4 is 11.7 Å². The maximum atomic E-state index is 13.1. The summed E-state index contributed by atoms with van der Waals surface area (Å²) in [5, 5.41) is 0. The Morgan fingerprint density at radius 3 is 2.16 bits per heavy atom. The highest BCUT2D eigenvalue weighted by Gasteiger charge is 2.47. The van der Waals surface area contributed by atoms with Gasteiger partial charge in [0.05, 0.1) is 30.9 Å². The van der Waals surface area contributed by atoms with Crippen LogP contribution in [0, 0.1) is 0 Å². The predicted octanol–water partition coefficient (Wildman–Crippen LogP) is 4.78. The van der Waals surface area contributed by atoms with Crippen LogP contribution in [0.3, 0.4) is 0 Å². The number of halogens is 6. The standard InChI is InChI=1S/C25H27F6N3O3/c1-32-13-14-34-19(21(35)25(29,30)31)6-7-20(34)23(32)8-11-33(12-9-23)22(36)18-4-2-17(3-5-18)16-37-15-10-24(26,27)28/h2-7H,8-16H2,1H3. The molecule has 6 nitrogen and oxygen atoms in total. The summed E-state index contributed by atoms with van der Waals surface area (Å²) in [6.07, 6.45) is -9.28. The molecule has 3 heterocycles. The number of likely N-dealkylation sites (tertiary alicyclic amines) is 1. The molecule has 1 aromatic heterocycles. The third kappa shape index (κ3) is 5.69. The van der Waals surface area contributed by atoms with E-state index in [9.17, 15) is 35.9 Å². The van der Waals surface area contributed by atoms with Gasteiger partial charge in [0, 0.05) is 37.4 Å². The molecule has 0 N–H and O–H groups in total. The topological polar surface area (TPSA) is 54.8 Å². The largest absolute Gasteiger partial charge is 0.456 e. The summed E-state index contributed by atoms with van der Waals surface area (Å²) in [5.41, 5.74) is 0.766. The number of hydrogen-bond acceptors (Lipinski definition) is 4. The number of aromatic nitrogens is 1. The van der Waals surface area contributed by atoms with Crippen LogP contribution in [-0.4, -0.2) is 71.7 Å². The number of hydrogen-bond donors (Lipinski definition) is 0. The zero-order chi connectivity index (χ0) is 27.0. The Labute approximate surface area is 209 Å². The molecular formula is C25H27F6N3O3. The van der Waals surface area contributed by atoms with Crippen molar-refractivity contribution in [2.45, 2.75) is 50.3 Å². The van der Waals surface area contributed by atoms with Crippen molar-refractivity contribution in [1.29, 1.82) is 0 Å². The normalized spacial score (nSPS) is 18.2. The van der Waals surface area contributed by atoms with E-state index in [1.165, 1.54) is 10.6 Å². The summed E-state index contributed by atoms with van der Waals surface area (Å²) in [7, 11) is 1.90. The Morgan fingerprint density at radius 1 is 0.919 bits per heavy atom. The second-order valence-corrected chi connectivity index (χ2v) is 9.44. The molecule has 1 spiro atoms. The van der Waals surface area contributed by atoms with Gasteiger partial charge in [0.15, 0.2) is 0 Å². The number of Topliss-reactive ketones (excluding diaryl/α,β-unsaturated/α-hetero) is 1. The maximum absolute atomic E-state index is 13.1. The van der Waals surface area contributed by atoms with E-state index in [0.717, 1.165) is 0 Å². The molecule has 1 amide bonds. The predicted molar refractivity (Wildman–Crippen MR) is 121 cm³/mol. The minimum atomic E-state index is -4.95. The highest BCUT2D eigenvalue weighted by Crippen LogP contribution is 2.42. The SMILES string of the molecule is CN1CCn2c(C(=O)C(F)(F)F)ccc2C12CCN(C(=O)c1ccc(COCCC(F)(F)F)cc1)CC2. The fourth-order valence-corrected chi connectivity index (χ4v) is 5.14. The van der Waals surface area contributed by atoms with Crippen molar-refractivity contribution in [2.75, 3.05) is 33.3 Å². The Bertz CT molecular complexity index is 1130. The summed E-state index contributed by atoms with van der Waals surface area (Å²) < 4.78 is 82.3. The Morgan fingerprint density at radius 2 is 1.57 bits per heavy atom. The van der Waals surface area contributed by atoms with Crippen molar-refractivity contribution in [1.82, 2.24) is 14.4 Å². The number of carbonyl (C=O) groups excluding carboxylic acids is 2. The zero-order valence-electron chi connectivity index (χ0n) is 20.2. The van der Waals surface area contributed by atoms with E-state index in [-0.39, 0.29) is 24.8 Å². The van der Waals surface area contributed by atoms with Gasteiger partial charge in [0.2, 0.25) is 0 Å². The van der Waals surface area contributed by atoms with Gasteiger partial charge in [-0.1, -0.05) is 12.1 Å². The average molecular weight is 531 g/mol. The van der Waals surface area contributed by atoms with E-state index in [4.69, 9.17) is 4.74 Å². The van der Waals surface area contributed by atoms with E-state index < -0.39 is 36.7 Å². The van der Waals surface area contributed by atoms with Crippen LogP contribution in [0.15, 0.2) is 36.4 Å². The van der Waals surface area contributed by atoms with E-state index in [1.807, 2.05) is 7.05 Å². The number of nitrogens with zero attached hydrogens (tertiary/aromatic N) is 3. The molecule has 2 aliphatic heterocycles. The summed E-state index contributed by atoms with van der Waals surface area (Å²) in [6.45, 7) is 1.05. The van der Waals surface area contributed by atoms with Crippen LogP contribution in [-0.2, 0) is 23.4 Å². The van der Waals surface area contributed by atoms with Crippen LogP contribution in [0.2, 0.25) is 0 Å². The van der Waals surface area contributed by atoms with Gasteiger partial charge in [0.25, 0.3) is 11.7 Å². The molecule has 1 fully saturated rings. The lowest BCUT2D eigenvalue weighted by molar-refractivity contribution is -0.146. The second-order valence-electron chi connectivity index (χ2n) is 9.44. The lowest BCUT2D eigenvalue weighted by Crippen LogP contribution is -2.56. The van der Waals surface area contributed by atoms with Crippen LogP contribution in [0.25, 0.3) is 0 Å². The molecule has 0 saturated carbocycles. The first-order valence-electron chi connectivity index (χ1n) is 11.9. The minimum absolute atomic E-state index is 0.00158. The first-order chi connectivity index (χ1) is 17.3.